The van der Waals surface area contributed by atoms with Crippen molar-refractivity contribution in [3.05, 3.63) is 30.3 Å². The van der Waals surface area contributed by atoms with Gasteiger partial charge in [-0.3, -0.25) is 0 Å². The normalized spacial score (nSPS) is 15.6. The molecule has 0 bridgehead atoms. The lowest BCUT2D eigenvalue weighted by molar-refractivity contribution is 0.406. The molecule has 1 aliphatic rings. The van der Waals surface area contributed by atoms with Crippen LogP contribution in [0.4, 0.5) is 11.5 Å². The summed E-state index contributed by atoms with van der Waals surface area (Å²) in [5.74, 6) is 0.637. The molecule has 1 aromatic heterocycles. The van der Waals surface area contributed by atoms with Crippen LogP contribution in [0, 0.1) is 0 Å². The van der Waals surface area contributed by atoms with Gasteiger partial charge in [-0.05, 0) is 18.2 Å². The maximum absolute atomic E-state index is 10.0. The van der Waals surface area contributed by atoms with Crippen molar-refractivity contribution >= 4 is 18.9 Å². The van der Waals surface area contributed by atoms with E-state index < -0.39 is 0 Å². The molecule has 3 N–H and O–H groups in total. The standard InChI is InChI=1S/C16H22BN5O/c1-2-17-22-9-7-21(8-10-22)14-11-13(19-20-16(14)18)12-5-3-4-6-15(12)23/h3-6,11,17,23H,2,7-10H2,1H3,(H2,18,20). The molecule has 7 heteroatoms. The molecule has 1 fully saturated rings. The third-order valence-electron chi connectivity index (χ3n) is 4.23. The van der Waals surface area contributed by atoms with Gasteiger partial charge >= 0.3 is 0 Å². The molecule has 0 amide bonds. The summed E-state index contributed by atoms with van der Waals surface area (Å²) in [7, 11) is 1.14. The molecular weight excluding hydrogens is 289 g/mol. The van der Waals surface area contributed by atoms with Crippen LogP contribution in [-0.2, 0) is 0 Å². The number of phenols is 1. The second-order valence-corrected chi connectivity index (χ2v) is 5.85. The van der Waals surface area contributed by atoms with Crippen molar-refractivity contribution in [2.24, 2.45) is 0 Å². The second-order valence-electron chi connectivity index (χ2n) is 5.85. The van der Waals surface area contributed by atoms with Crippen molar-refractivity contribution < 1.29 is 5.11 Å². The number of para-hydroxylation sites is 1. The monoisotopic (exact) mass is 311 g/mol. The van der Waals surface area contributed by atoms with E-state index in [2.05, 4.69) is 26.8 Å². The van der Waals surface area contributed by atoms with E-state index >= 15 is 0 Å². The van der Waals surface area contributed by atoms with E-state index in [9.17, 15) is 5.11 Å². The fourth-order valence-corrected chi connectivity index (χ4v) is 3.00. The van der Waals surface area contributed by atoms with Crippen LogP contribution < -0.4 is 10.6 Å². The van der Waals surface area contributed by atoms with Crippen LogP contribution in [0.2, 0.25) is 6.32 Å². The molecule has 1 aromatic carbocycles. The van der Waals surface area contributed by atoms with Crippen molar-refractivity contribution in [3.8, 4) is 17.0 Å². The molecular formula is C16H22BN5O. The first-order chi connectivity index (χ1) is 11.2. The highest BCUT2D eigenvalue weighted by molar-refractivity contribution is 6.31. The lowest BCUT2D eigenvalue weighted by Crippen LogP contribution is -2.47. The quantitative estimate of drug-likeness (QED) is 0.830. The predicted octanol–water partition coefficient (Wildman–Crippen LogP) is 1.34. The number of phenolic OH excluding ortho intramolecular Hbond substituents is 1. The highest BCUT2D eigenvalue weighted by atomic mass is 16.3. The van der Waals surface area contributed by atoms with Gasteiger partial charge in [-0.2, -0.15) is 0 Å². The summed E-state index contributed by atoms with van der Waals surface area (Å²) in [6.45, 7) is 6.12. The third kappa shape index (κ3) is 3.39. The zero-order chi connectivity index (χ0) is 16.2. The summed E-state index contributed by atoms with van der Waals surface area (Å²) in [5.41, 5.74) is 8.25. The first kappa shape index (κ1) is 15.6. The number of piperazine rings is 1. The minimum absolute atomic E-state index is 0.199. The Balaban J connectivity index is 1.83. The first-order valence-electron chi connectivity index (χ1n) is 8.08. The van der Waals surface area contributed by atoms with E-state index in [1.807, 2.05) is 18.2 Å². The average molecular weight is 311 g/mol. The van der Waals surface area contributed by atoms with Gasteiger partial charge in [-0.1, -0.05) is 25.4 Å². The Morgan fingerprint density at radius 3 is 2.61 bits per heavy atom. The molecule has 0 spiro atoms. The van der Waals surface area contributed by atoms with Crippen molar-refractivity contribution in [1.29, 1.82) is 0 Å². The Morgan fingerprint density at radius 2 is 1.91 bits per heavy atom. The van der Waals surface area contributed by atoms with Crippen LogP contribution in [-0.4, -0.2) is 53.7 Å². The number of aromatic nitrogens is 2. The third-order valence-corrected chi connectivity index (χ3v) is 4.23. The summed E-state index contributed by atoms with van der Waals surface area (Å²) in [6.07, 6.45) is 1.18. The fourth-order valence-electron chi connectivity index (χ4n) is 3.00. The lowest BCUT2D eigenvalue weighted by Gasteiger charge is -2.36. The topological polar surface area (TPSA) is 78.5 Å². The summed E-state index contributed by atoms with van der Waals surface area (Å²) >= 11 is 0. The van der Waals surface area contributed by atoms with Crippen LogP contribution in [0.15, 0.2) is 30.3 Å². The SMILES string of the molecule is CCBN1CCN(c2cc(-c3ccccc3O)nnc2N)CC1. The highest BCUT2D eigenvalue weighted by Gasteiger charge is 2.20. The molecule has 0 radical (unpaired) electrons. The summed E-state index contributed by atoms with van der Waals surface area (Å²) < 4.78 is 0. The van der Waals surface area contributed by atoms with Gasteiger partial charge in [-0.15, -0.1) is 10.2 Å². The van der Waals surface area contributed by atoms with Crippen molar-refractivity contribution in [3.63, 3.8) is 0 Å². The van der Waals surface area contributed by atoms with Gasteiger partial charge in [0, 0.05) is 31.7 Å². The van der Waals surface area contributed by atoms with Crippen LogP contribution in [0.3, 0.4) is 0 Å². The number of rotatable bonds is 4. The van der Waals surface area contributed by atoms with E-state index in [4.69, 9.17) is 5.73 Å². The van der Waals surface area contributed by atoms with Gasteiger partial charge in [-0.25, -0.2) is 0 Å². The molecule has 2 aromatic rings. The molecule has 23 heavy (non-hydrogen) atoms. The van der Waals surface area contributed by atoms with Crippen LogP contribution in [0.5, 0.6) is 5.75 Å². The number of nitrogens with two attached hydrogens (primary N) is 1. The predicted molar refractivity (Wildman–Crippen MR) is 95.0 cm³/mol. The fraction of sp³-hybridized carbons (Fsp3) is 0.375. The number of hydrogen-bond donors (Lipinski definition) is 2. The van der Waals surface area contributed by atoms with E-state index in [1.165, 1.54) is 6.32 Å². The Kier molecular flexibility index (Phi) is 4.66. The zero-order valence-corrected chi connectivity index (χ0v) is 13.4. The first-order valence-corrected chi connectivity index (χ1v) is 8.08. The van der Waals surface area contributed by atoms with Crippen molar-refractivity contribution in [2.45, 2.75) is 13.2 Å². The minimum atomic E-state index is 0.199. The van der Waals surface area contributed by atoms with Crippen LogP contribution in [0.1, 0.15) is 6.92 Å². The molecule has 0 aliphatic carbocycles. The Hall–Kier alpha value is -2.28. The highest BCUT2D eigenvalue weighted by Crippen LogP contribution is 2.31. The van der Waals surface area contributed by atoms with Gasteiger partial charge in [0.1, 0.15) is 5.75 Å². The summed E-state index contributed by atoms with van der Waals surface area (Å²) in [5, 5.41) is 18.2. The lowest BCUT2D eigenvalue weighted by atomic mass is 9.86. The Bertz CT molecular complexity index is 673. The maximum atomic E-state index is 10.0. The smallest absolute Gasteiger partial charge is 0.204 e. The van der Waals surface area contributed by atoms with E-state index in [1.54, 1.807) is 12.1 Å². The molecule has 1 saturated heterocycles. The van der Waals surface area contributed by atoms with Gasteiger partial charge in [0.2, 0.25) is 7.41 Å². The molecule has 2 heterocycles. The summed E-state index contributed by atoms with van der Waals surface area (Å²) in [4.78, 5) is 4.71. The number of hydrogen-bond acceptors (Lipinski definition) is 6. The van der Waals surface area contributed by atoms with E-state index in [0.29, 0.717) is 17.1 Å². The zero-order valence-electron chi connectivity index (χ0n) is 13.4. The van der Waals surface area contributed by atoms with Crippen molar-refractivity contribution in [2.75, 3.05) is 36.8 Å². The Labute approximate surface area is 137 Å². The molecule has 1 aliphatic heterocycles. The summed E-state index contributed by atoms with van der Waals surface area (Å²) in [6, 6.07) is 9.07. The molecule has 6 nitrogen and oxygen atoms in total. The number of nitrogens with zero attached hydrogens (tertiary/aromatic N) is 4. The average Bonchev–Trinajstić information content (AvgIpc) is 2.57. The molecule has 120 valence electrons. The van der Waals surface area contributed by atoms with Gasteiger partial charge < -0.3 is 20.6 Å². The van der Waals surface area contributed by atoms with E-state index in [0.717, 1.165) is 39.3 Å². The minimum Gasteiger partial charge on any atom is -0.507 e. The maximum Gasteiger partial charge on any atom is 0.204 e. The van der Waals surface area contributed by atoms with Gasteiger partial charge in [0.05, 0.1) is 11.4 Å². The molecule has 3 rings (SSSR count). The Morgan fingerprint density at radius 1 is 1.17 bits per heavy atom. The van der Waals surface area contributed by atoms with Crippen LogP contribution in [0.25, 0.3) is 11.3 Å². The molecule has 0 saturated carbocycles. The van der Waals surface area contributed by atoms with Crippen LogP contribution >= 0.6 is 0 Å². The number of aromatic hydroxyl groups is 1. The number of anilines is 2. The molecule has 0 atom stereocenters. The van der Waals surface area contributed by atoms with Gasteiger partial charge in [0.25, 0.3) is 0 Å². The second kappa shape index (κ2) is 6.87. The number of benzene rings is 1. The number of nitrogen functional groups attached to an aromatic ring is 1. The van der Waals surface area contributed by atoms with E-state index in [-0.39, 0.29) is 5.75 Å². The largest absolute Gasteiger partial charge is 0.507 e. The molecule has 0 unspecified atom stereocenters. The van der Waals surface area contributed by atoms with Gasteiger partial charge in [0.15, 0.2) is 5.82 Å². The van der Waals surface area contributed by atoms with Crippen molar-refractivity contribution in [1.82, 2.24) is 15.0 Å².